The highest BCUT2D eigenvalue weighted by Gasteiger charge is 2.31. The van der Waals surface area contributed by atoms with Gasteiger partial charge in [0.2, 0.25) is 5.91 Å². The monoisotopic (exact) mass is 637 g/mol. The molecule has 2 N–H and O–H groups in total. The molecule has 9 nitrogen and oxygen atoms in total. The number of aliphatic hydroxyl groups is 1. The number of ether oxygens (including phenoxy) is 3. The first kappa shape index (κ1) is 35.7. The van der Waals surface area contributed by atoms with E-state index < -0.39 is 6.04 Å². The Balaban J connectivity index is 1.57. The zero-order chi connectivity index (χ0) is 33.1. The number of fused-ring (bicyclic) bond motifs is 1. The maximum atomic E-state index is 14.4. The summed E-state index contributed by atoms with van der Waals surface area (Å²) in [7, 11) is 3.75. The predicted molar refractivity (Wildman–Crippen MR) is 181 cm³/mol. The van der Waals surface area contributed by atoms with Gasteiger partial charge in [-0.1, -0.05) is 38.3 Å². The molecule has 4 rings (SSSR count). The number of likely N-dealkylation sites (N-methyl/N-ethyl adjacent to an activating group) is 1. The smallest absolute Gasteiger partial charge is 0.258 e. The first-order chi connectivity index (χ1) is 22.2. The molecule has 46 heavy (non-hydrogen) atoms. The lowest BCUT2D eigenvalue weighted by atomic mass is 9.88. The Kier molecular flexibility index (Phi) is 13.7. The summed E-state index contributed by atoms with van der Waals surface area (Å²) in [6.07, 6.45) is 7.56. The van der Waals surface area contributed by atoms with Gasteiger partial charge in [0, 0.05) is 43.8 Å². The van der Waals surface area contributed by atoms with Crippen molar-refractivity contribution in [2.24, 2.45) is 11.8 Å². The maximum Gasteiger partial charge on any atom is 0.258 e. The van der Waals surface area contributed by atoms with Crippen LogP contribution in [0.2, 0.25) is 0 Å². The fourth-order valence-electron chi connectivity index (χ4n) is 6.49. The van der Waals surface area contributed by atoms with Crippen LogP contribution in [-0.4, -0.2) is 85.4 Å². The normalized spacial score (nSPS) is 22.8. The lowest BCUT2D eigenvalue weighted by molar-refractivity contribution is -0.120. The molecule has 1 heterocycles. The molecule has 0 unspecified atom stereocenters. The highest BCUT2D eigenvalue weighted by molar-refractivity contribution is 6.00. The molecule has 0 spiro atoms. The van der Waals surface area contributed by atoms with Gasteiger partial charge < -0.3 is 29.5 Å². The average Bonchev–Trinajstić information content (AvgIpc) is 3.06. The van der Waals surface area contributed by atoms with Gasteiger partial charge in [0.25, 0.3) is 5.91 Å². The number of carbonyl (C=O) groups is 2. The minimum atomic E-state index is -0.425. The summed E-state index contributed by atoms with van der Waals surface area (Å²) < 4.78 is 18.2. The summed E-state index contributed by atoms with van der Waals surface area (Å²) in [5, 5.41) is 13.3. The molecule has 0 bridgehead atoms. The molecule has 2 aromatic carbocycles. The number of nitrogens with one attached hydrogen (secondary N) is 1. The molecule has 2 aliphatic rings. The molecule has 0 aromatic heterocycles. The number of methoxy groups -OCH3 is 1. The van der Waals surface area contributed by atoms with E-state index in [2.05, 4.69) is 36.3 Å². The lowest BCUT2D eigenvalue weighted by Crippen LogP contribution is -2.47. The van der Waals surface area contributed by atoms with Gasteiger partial charge in [0.15, 0.2) is 0 Å². The van der Waals surface area contributed by atoms with Crippen molar-refractivity contribution < 1.29 is 28.9 Å². The Hall–Kier alpha value is -3.14. The van der Waals surface area contributed by atoms with Gasteiger partial charge in [0.1, 0.15) is 11.5 Å². The SMILES string of the molecule is COc1ccc(CN(C)C[C@H]2OCCCC[C@H](C)Oc3ccc(NC(=O)C4CCCCC4)cc3C(=O)N([C@@H](C)CO)C[C@H]2C)cc1. The molecule has 2 aromatic rings. The Morgan fingerprint density at radius 3 is 2.48 bits per heavy atom. The standard InChI is InChI=1S/C37H55N3O6/c1-26-22-40(27(2)25-41)37(43)33-21-31(38-36(42)30-12-7-6-8-13-30)16-19-34(33)46-28(3)11-9-10-20-45-35(26)24-39(4)23-29-14-17-32(44-5)18-15-29/h14-19,21,26-28,30,35,41H,6-13,20,22-25H2,1-5H3,(H,38,42)/t26-,27+,28+,35-/m1/s1. The first-order valence-electron chi connectivity index (χ1n) is 17.1. The second-order valence-corrected chi connectivity index (χ2v) is 13.4. The summed E-state index contributed by atoms with van der Waals surface area (Å²) in [5.74, 6) is 1.09. The van der Waals surface area contributed by atoms with Crippen LogP contribution in [-0.2, 0) is 16.1 Å². The topological polar surface area (TPSA) is 101 Å². The van der Waals surface area contributed by atoms with Crippen molar-refractivity contribution in [3.8, 4) is 11.5 Å². The Morgan fingerprint density at radius 1 is 1.07 bits per heavy atom. The number of hydrogen-bond donors (Lipinski definition) is 2. The molecule has 0 saturated heterocycles. The number of benzene rings is 2. The van der Waals surface area contributed by atoms with Gasteiger partial charge in [0.05, 0.1) is 37.5 Å². The van der Waals surface area contributed by atoms with Crippen LogP contribution in [0.15, 0.2) is 42.5 Å². The third-order valence-electron chi connectivity index (χ3n) is 9.40. The molecule has 1 aliphatic heterocycles. The minimum absolute atomic E-state index is 0.000868. The molecular formula is C37H55N3O6. The van der Waals surface area contributed by atoms with Gasteiger partial charge in [-0.25, -0.2) is 0 Å². The molecule has 1 saturated carbocycles. The maximum absolute atomic E-state index is 14.4. The van der Waals surface area contributed by atoms with Crippen molar-refractivity contribution in [3.63, 3.8) is 0 Å². The molecule has 254 valence electrons. The number of carbonyl (C=O) groups excluding carboxylic acids is 2. The van der Waals surface area contributed by atoms with E-state index in [0.29, 0.717) is 36.7 Å². The largest absolute Gasteiger partial charge is 0.497 e. The van der Waals surface area contributed by atoms with E-state index in [1.54, 1.807) is 24.1 Å². The van der Waals surface area contributed by atoms with E-state index in [0.717, 1.165) is 57.2 Å². The van der Waals surface area contributed by atoms with E-state index in [4.69, 9.17) is 14.2 Å². The van der Waals surface area contributed by atoms with Gasteiger partial charge in [-0.2, -0.15) is 0 Å². The second-order valence-electron chi connectivity index (χ2n) is 13.4. The molecule has 4 atom stereocenters. The molecule has 9 heteroatoms. The van der Waals surface area contributed by atoms with Gasteiger partial charge in [-0.15, -0.1) is 0 Å². The third-order valence-corrected chi connectivity index (χ3v) is 9.40. The average molecular weight is 638 g/mol. The third kappa shape index (κ3) is 10.2. The molecule has 2 amide bonds. The summed E-state index contributed by atoms with van der Waals surface area (Å²) in [5.41, 5.74) is 2.16. The zero-order valence-electron chi connectivity index (χ0n) is 28.5. The Morgan fingerprint density at radius 2 is 1.78 bits per heavy atom. The van der Waals surface area contributed by atoms with E-state index in [9.17, 15) is 14.7 Å². The molecule has 0 radical (unpaired) electrons. The first-order valence-corrected chi connectivity index (χ1v) is 17.1. The van der Waals surface area contributed by atoms with Crippen LogP contribution < -0.4 is 14.8 Å². The van der Waals surface area contributed by atoms with Gasteiger partial charge in [-0.05, 0) is 88.9 Å². The van der Waals surface area contributed by atoms with Crippen LogP contribution in [0.1, 0.15) is 88.1 Å². The van der Waals surface area contributed by atoms with Crippen molar-refractivity contribution in [2.75, 3.05) is 45.8 Å². The number of anilines is 1. The highest BCUT2D eigenvalue weighted by Crippen LogP contribution is 2.30. The van der Waals surface area contributed by atoms with Crippen molar-refractivity contribution in [1.82, 2.24) is 9.80 Å². The summed E-state index contributed by atoms with van der Waals surface area (Å²) in [4.78, 5) is 31.4. The number of aliphatic hydroxyl groups excluding tert-OH is 1. The number of hydrogen-bond acceptors (Lipinski definition) is 7. The summed E-state index contributed by atoms with van der Waals surface area (Å²) in [6, 6.07) is 13.0. The van der Waals surface area contributed by atoms with Crippen molar-refractivity contribution in [3.05, 3.63) is 53.6 Å². The zero-order valence-corrected chi connectivity index (χ0v) is 28.5. The van der Waals surface area contributed by atoms with Crippen LogP contribution in [0.3, 0.4) is 0 Å². The van der Waals surface area contributed by atoms with E-state index in [-0.39, 0.29) is 42.5 Å². The van der Waals surface area contributed by atoms with Crippen molar-refractivity contribution in [1.29, 1.82) is 0 Å². The summed E-state index contributed by atoms with van der Waals surface area (Å²) >= 11 is 0. The summed E-state index contributed by atoms with van der Waals surface area (Å²) in [6.45, 7) is 8.29. The number of nitrogens with zero attached hydrogens (tertiary/aromatic N) is 2. The number of rotatable bonds is 9. The van der Waals surface area contributed by atoms with Crippen LogP contribution >= 0.6 is 0 Å². The lowest BCUT2D eigenvalue weighted by Gasteiger charge is -2.36. The van der Waals surface area contributed by atoms with E-state index in [1.165, 1.54) is 12.0 Å². The van der Waals surface area contributed by atoms with Gasteiger partial charge >= 0.3 is 0 Å². The van der Waals surface area contributed by atoms with Crippen LogP contribution in [0.5, 0.6) is 11.5 Å². The highest BCUT2D eigenvalue weighted by atomic mass is 16.5. The molecule has 1 aliphatic carbocycles. The second kappa shape index (κ2) is 17.7. The Labute approximate surface area is 275 Å². The van der Waals surface area contributed by atoms with Crippen molar-refractivity contribution in [2.45, 2.75) is 96.9 Å². The van der Waals surface area contributed by atoms with Gasteiger partial charge in [-0.3, -0.25) is 14.5 Å². The predicted octanol–water partition coefficient (Wildman–Crippen LogP) is 6.14. The quantitative estimate of drug-likeness (QED) is 0.341. The fourth-order valence-corrected chi connectivity index (χ4v) is 6.49. The van der Waals surface area contributed by atoms with Crippen molar-refractivity contribution >= 4 is 17.5 Å². The molecule has 1 fully saturated rings. The van der Waals surface area contributed by atoms with E-state index in [1.807, 2.05) is 32.0 Å². The molecular weight excluding hydrogens is 582 g/mol. The van der Waals surface area contributed by atoms with E-state index >= 15 is 0 Å². The Bertz CT molecular complexity index is 1250. The minimum Gasteiger partial charge on any atom is -0.497 e. The van der Waals surface area contributed by atoms with Crippen LogP contribution in [0.25, 0.3) is 0 Å². The van der Waals surface area contributed by atoms with Crippen LogP contribution in [0, 0.1) is 11.8 Å². The fraction of sp³-hybridized carbons (Fsp3) is 0.622. The number of amides is 2. The van der Waals surface area contributed by atoms with Crippen LogP contribution in [0.4, 0.5) is 5.69 Å².